The second kappa shape index (κ2) is 8.71. The average Bonchev–Trinajstić information content (AvgIpc) is 2.98. The Morgan fingerprint density at radius 1 is 0.526 bits per heavy atom. The molecule has 2 heterocycles. The molecule has 7 rings (SSSR count). The van der Waals surface area contributed by atoms with Gasteiger partial charge in [-0.25, -0.2) is 4.98 Å². The van der Waals surface area contributed by atoms with Crippen LogP contribution >= 0.6 is 0 Å². The number of fused-ring (bicyclic) bond motifs is 3. The fourth-order valence-corrected chi connectivity index (χ4v) is 5.82. The lowest BCUT2D eigenvalue weighted by Crippen LogP contribution is -2.30. The van der Waals surface area contributed by atoms with E-state index in [2.05, 4.69) is 146 Å². The first-order valence-corrected chi connectivity index (χ1v) is 13.2. The van der Waals surface area contributed by atoms with E-state index in [4.69, 9.17) is 4.98 Å². The van der Waals surface area contributed by atoms with Crippen molar-refractivity contribution in [2.75, 3.05) is 4.90 Å². The van der Waals surface area contributed by atoms with Gasteiger partial charge in [0.15, 0.2) is 0 Å². The van der Waals surface area contributed by atoms with Gasteiger partial charge in [0.05, 0.1) is 22.6 Å². The lowest BCUT2D eigenvalue weighted by molar-refractivity contribution is 0.632. The molecule has 0 fully saturated rings. The molecule has 1 aliphatic heterocycles. The third kappa shape index (κ3) is 3.61. The zero-order valence-corrected chi connectivity index (χ0v) is 21.6. The Bertz CT molecular complexity index is 1800. The van der Waals surface area contributed by atoms with Gasteiger partial charge in [-0.3, -0.25) is 0 Å². The number of para-hydroxylation sites is 2. The molecule has 0 unspecified atom stereocenters. The molecule has 0 radical (unpaired) electrons. The van der Waals surface area contributed by atoms with E-state index in [1.807, 2.05) is 6.07 Å². The topological polar surface area (TPSA) is 16.1 Å². The molecule has 6 aromatic rings. The van der Waals surface area contributed by atoms with Crippen LogP contribution in [0.25, 0.3) is 33.3 Å². The number of anilines is 3. The molecule has 0 spiro atoms. The lowest BCUT2D eigenvalue weighted by Gasteiger charge is -2.42. The number of aromatic nitrogens is 1. The number of pyridine rings is 1. The summed E-state index contributed by atoms with van der Waals surface area (Å²) in [4.78, 5) is 7.38. The summed E-state index contributed by atoms with van der Waals surface area (Å²) in [5, 5.41) is 1.16. The molecule has 182 valence electrons. The summed E-state index contributed by atoms with van der Waals surface area (Å²) < 4.78 is 0. The number of hydrogen-bond donors (Lipinski definition) is 0. The fraction of sp³-hybridized carbons (Fsp3) is 0.0833. The van der Waals surface area contributed by atoms with Crippen LogP contribution in [0.1, 0.15) is 25.0 Å². The summed E-state index contributed by atoms with van der Waals surface area (Å²) in [5.41, 5.74) is 11.7. The Kier molecular flexibility index (Phi) is 5.16. The van der Waals surface area contributed by atoms with Gasteiger partial charge in [0.1, 0.15) is 0 Å². The van der Waals surface area contributed by atoms with Crippen LogP contribution in [0, 0.1) is 0 Å². The van der Waals surface area contributed by atoms with Gasteiger partial charge in [0.2, 0.25) is 0 Å². The van der Waals surface area contributed by atoms with Crippen LogP contribution in [0.15, 0.2) is 133 Å². The van der Waals surface area contributed by atoms with E-state index >= 15 is 0 Å². The molecule has 38 heavy (non-hydrogen) atoms. The average molecular weight is 489 g/mol. The highest BCUT2D eigenvalue weighted by molar-refractivity contribution is 5.89. The fourth-order valence-electron chi connectivity index (χ4n) is 5.82. The summed E-state index contributed by atoms with van der Waals surface area (Å²) in [6.45, 7) is 4.68. The predicted molar refractivity (Wildman–Crippen MR) is 159 cm³/mol. The van der Waals surface area contributed by atoms with E-state index in [1.54, 1.807) is 0 Å². The number of rotatable bonds is 3. The number of nitrogens with zero attached hydrogens (tertiary/aromatic N) is 2. The van der Waals surface area contributed by atoms with Gasteiger partial charge in [-0.1, -0.05) is 105 Å². The zero-order valence-electron chi connectivity index (χ0n) is 21.6. The molecule has 0 N–H and O–H groups in total. The first kappa shape index (κ1) is 22.5. The second-order valence-corrected chi connectivity index (χ2v) is 10.5. The highest BCUT2D eigenvalue weighted by Crippen LogP contribution is 2.52. The van der Waals surface area contributed by atoms with E-state index in [9.17, 15) is 0 Å². The molecule has 0 aliphatic carbocycles. The van der Waals surface area contributed by atoms with Gasteiger partial charge in [-0.2, -0.15) is 0 Å². The van der Waals surface area contributed by atoms with Gasteiger partial charge in [-0.15, -0.1) is 0 Å². The van der Waals surface area contributed by atoms with Gasteiger partial charge >= 0.3 is 0 Å². The highest BCUT2D eigenvalue weighted by Gasteiger charge is 2.37. The van der Waals surface area contributed by atoms with Crippen LogP contribution in [0.4, 0.5) is 17.1 Å². The van der Waals surface area contributed by atoms with Crippen molar-refractivity contribution in [3.05, 3.63) is 145 Å². The maximum atomic E-state index is 4.97. The summed E-state index contributed by atoms with van der Waals surface area (Å²) in [6.07, 6.45) is 0. The van der Waals surface area contributed by atoms with Crippen LogP contribution in [-0.2, 0) is 5.41 Å². The molecular weight excluding hydrogens is 460 g/mol. The monoisotopic (exact) mass is 488 g/mol. The van der Waals surface area contributed by atoms with E-state index in [0.29, 0.717) is 0 Å². The standard InChI is InChI=1S/C36H28N2/c1-36(2)30-16-7-9-18-34(30)38(35-22-20-27(24-31(35)36)25-11-4-3-5-12-25)29-15-10-14-28(23-29)33-21-19-26-13-6-8-17-32(26)37-33/h3-24H,1-2H3. The molecule has 2 heteroatoms. The minimum Gasteiger partial charge on any atom is -0.310 e. The third-order valence-electron chi connectivity index (χ3n) is 7.83. The zero-order chi connectivity index (χ0) is 25.7. The van der Waals surface area contributed by atoms with Gasteiger partial charge < -0.3 is 4.90 Å². The van der Waals surface area contributed by atoms with Crippen molar-refractivity contribution in [2.45, 2.75) is 19.3 Å². The van der Waals surface area contributed by atoms with Gasteiger partial charge in [0.25, 0.3) is 0 Å². The molecule has 0 bridgehead atoms. The molecule has 0 saturated carbocycles. The lowest BCUT2D eigenvalue weighted by atomic mass is 9.73. The molecule has 1 aliphatic rings. The molecule has 1 aromatic heterocycles. The molecule has 0 saturated heterocycles. The van der Waals surface area contributed by atoms with Gasteiger partial charge in [-0.05, 0) is 64.7 Å². The summed E-state index contributed by atoms with van der Waals surface area (Å²) in [5.74, 6) is 0. The van der Waals surface area contributed by atoms with Crippen molar-refractivity contribution in [3.63, 3.8) is 0 Å². The van der Waals surface area contributed by atoms with Crippen molar-refractivity contribution in [1.82, 2.24) is 4.98 Å². The Morgan fingerprint density at radius 2 is 1.26 bits per heavy atom. The summed E-state index contributed by atoms with van der Waals surface area (Å²) in [6, 6.07) is 47.7. The first-order chi connectivity index (χ1) is 18.6. The van der Waals surface area contributed by atoms with Crippen LogP contribution in [0.5, 0.6) is 0 Å². The Morgan fingerprint density at radius 3 is 2.16 bits per heavy atom. The smallest absolute Gasteiger partial charge is 0.0710 e. The molecule has 0 amide bonds. The van der Waals surface area contributed by atoms with Crippen molar-refractivity contribution < 1.29 is 0 Å². The Labute approximate surface area is 223 Å². The van der Waals surface area contributed by atoms with Crippen LogP contribution in [0.3, 0.4) is 0 Å². The SMILES string of the molecule is CC1(C)c2ccccc2N(c2cccc(-c3ccc4ccccc4n3)c2)c2ccc(-c3ccccc3)cc21. The van der Waals surface area contributed by atoms with Crippen molar-refractivity contribution >= 4 is 28.0 Å². The summed E-state index contributed by atoms with van der Waals surface area (Å²) in [7, 11) is 0. The summed E-state index contributed by atoms with van der Waals surface area (Å²) >= 11 is 0. The van der Waals surface area contributed by atoms with E-state index < -0.39 is 0 Å². The Balaban J connectivity index is 1.40. The molecule has 0 atom stereocenters. The van der Waals surface area contributed by atoms with Gasteiger partial charge in [0, 0.05) is 22.1 Å². The maximum Gasteiger partial charge on any atom is 0.0710 e. The van der Waals surface area contributed by atoms with Crippen LogP contribution < -0.4 is 4.90 Å². The quantitative estimate of drug-likeness (QED) is 0.246. The van der Waals surface area contributed by atoms with E-state index in [-0.39, 0.29) is 5.41 Å². The van der Waals surface area contributed by atoms with E-state index in [0.717, 1.165) is 27.8 Å². The molecule has 5 aromatic carbocycles. The molecule has 2 nitrogen and oxygen atoms in total. The van der Waals surface area contributed by atoms with Crippen molar-refractivity contribution in [1.29, 1.82) is 0 Å². The second-order valence-electron chi connectivity index (χ2n) is 10.5. The first-order valence-electron chi connectivity index (χ1n) is 13.2. The number of benzene rings is 5. The number of hydrogen-bond acceptors (Lipinski definition) is 2. The minimum atomic E-state index is -0.134. The van der Waals surface area contributed by atoms with Crippen molar-refractivity contribution in [3.8, 4) is 22.4 Å². The van der Waals surface area contributed by atoms with Crippen LogP contribution in [-0.4, -0.2) is 4.98 Å². The maximum absolute atomic E-state index is 4.97. The largest absolute Gasteiger partial charge is 0.310 e. The molecular formula is C36H28N2. The van der Waals surface area contributed by atoms with Crippen LogP contribution in [0.2, 0.25) is 0 Å². The predicted octanol–water partition coefficient (Wildman–Crippen LogP) is 9.68. The van der Waals surface area contributed by atoms with E-state index in [1.165, 1.54) is 33.6 Å². The Hall–Kier alpha value is -4.69. The normalized spacial score (nSPS) is 13.7. The van der Waals surface area contributed by atoms with Crippen molar-refractivity contribution in [2.24, 2.45) is 0 Å². The minimum absolute atomic E-state index is 0.134. The third-order valence-corrected chi connectivity index (χ3v) is 7.83. The highest BCUT2D eigenvalue weighted by atomic mass is 15.2.